The molecule has 0 saturated heterocycles. The average molecular weight is 251 g/mol. The molecule has 0 spiro atoms. The van der Waals surface area contributed by atoms with Gasteiger partial charge in [-0.05, 0) is 6.07 Å². The lowest BCUT2D eigenvalue weighted by Gasteiger charge is -2.04. The van der Waals surface area contributed by atoms with Gasteiger partial charge >= 0.3 is 0 Å². The van der Waals surface area contributed by atoms with Crippen LogP contribution in [0.5, 0.6) is 5.75 Å². The van der Waals surface area contributed by atoms with E-state index in [-0.39, 0.29) is 16.3 Å². The Labute approximate surface area is 102 Å². The quantitative estimate of drug-likeness (QED) is 0.830. The summed E-state index contributed by atoms with van der Waals surface area (Å²) >= 11 is 5.65. The fourth-order valence-corrected chi connectivity index (χ4v) is 1.62. The van der Waals surface area contributed by atoms with E-state index in [0.29, 0.717) is 5.56 Å². The molecule has 0 aliphatic heterocycles. The van der Waals surface area contributed by atoms with E-state index in [4.69, 9.17) is 11.6 Å². The Hall–Kier alpha value is -1.87. The van der Waals surface area contributed by atoms with E-state index < -0.39 is 11.6 Å². The number of ketones is 1. The summed E-state index contributed by atoms with van der Waals surface area (Å²) in [5, 5.41) is 9.14. The first-order chi connectivity index (χ1) is 8.09. The van der Waals surface area contributed by atoms with Gasteiger partial charge in [0.2, 0.25) is 0 Å². The lowest BCUT2D eigenvalue weighted by atomic mass is 10.0. The third kappa shape index (κ3) is 2.29. The minimum atomic E-state index is -0.791. The van der Waals surface area contributed by atoms with Gasteiger partial charge in [0, 0.05) is 11.6 Å². The third-order valence-electron chi connectivity index (χ3n) is 2.32. The number of carbonyl (C=O) groups is 1. The second-order valence-corrected chi connectivity index (χ2v) is 3.89. The smallest absolute Gasteiger partial charge is 0.196 e. The maximum absolute atomic E-state index is 13.5. The summed E-state index contributed by atoms with van der Waals surface area (Å²) in [5.74, 6) is -1.64. The zero-order valence-electron chi connectivity index (χ0n) is 8.65. The summed E-state index contributed by atoms with van der Waals surface area (Å²) in [4.78, 5) is 12.0. The van der Waals surface area contributed by atoms with E-state index in [9.17, 15) is 14.3 Å². The molecular formula is C13H8ClFO2. The Morgan fingerprint density at radius 1 is 1.18 bits per heavy atom. The first-order valence-corrected chi connectivity index (χ1v) is 5.25. The number of phenols is 1. The summed E-state index contributed by atoms with van der Waals surface area (Å²) in [6.07, 6.45) is 0. The maximum atomic E-state index is 13.5. The van der Waals surface area contributed by atoms with Gasteiger partial charge in [-0.1, -0.05) is 41.9 Å². The second-order valence-electron chi connectivity index (χ2n) is 3.48. The molecule has 0 aliphatic rings. The summed E-state index contributed by atoms with van der Waals surface area (Å²) in [7, 11) is 0. The van der Waals surface area contributed by atoms with Crippen LogP contribution in [-0.2, 0) is 0 Å². The van der Waals surface area contributed by atoms with Gasteiger partial charge in [-0.15, -0.1) is 0 Å². The molecule has 4 heteroatoms. The lowest BCUT2D eigenvalue weighted by molar-refractivity contribution is 0.103. The fourth-order valence-electron chi connectivity index (χ4n) is 1.46. The molecule has 2 nitrogen and oxygen atoms in total. The maximum Gasteiger partial charge on any atom is 0.196 e. The first-order valence-electron chi connectivity index (χ1n) is 4.87. The Morgan fingerprint density at radius 2 is 1.82 bits per heavy atom. The van der Waals surface area contributed by atoms with Gasteiger partial charge in [0.15, 0.2) is 5.78 Å². The molecule has 86 valence electrons. The molecular weight excluding hydrogens is 243 g/mol. The number of phenolic OH excluding ortho intramolecular Hbond substituents is 1. The summed E-state index contributed by atoms with van der Waals surface area (Å²) < 4.78 is 13.5. The fraction of sp³-hybridized carbons (Fsp3) is 0. The van der Waals surface area contributed by atoms with Crippen molar-refractivity contribution >= 4 is 17.4 Å². The van der Waals surface area contributed by atoms with Gasteiger partial charge in [0.05, 0.1) is 10.6 Å². The standard InChI is InChI=1S/C13H8ClFO2/c14-10-6-9(11(15)7-12(10)16)13(17)8-4-2-1-3-5-8/h1-7,16H. The van der Waals surface area contributed by atoms with Gasteiger partial charge in [-0.2, -0.15) is 0 Å². The predicted octanol–water partition coefficient (Wildman–Crippen LogP) is 3.42. The lowest BCUT2D eigenvalue weighted by Crippen LogP contribution is -2.04. The van der Waals surface area contributed by atoms with Crippen LogP contribution in [0.2, 0.25) is 5.02 Å². The normalized spacial score (nSPS) is 10.2. The van der Waals surface area contributed by atoms with E-state index in [1.54, 1.807) is 30.3 Å². The molecule has 0 aliphatic carbocycles. The molecule has 0 bridgehead atoms. The highest BCUT2D eigenvalue weighted by Crippen LogP contribution is 2.27. The topological polar surface area (TPSA) is 37.3 Å². The molecule has 1 N–H and O–H groups in total. The molecule has 0 unspecified atom stereocenters. The Balaban J connectivity index is 2.48. The van der Waals surface area contributed by atoms with E-state index in [1.165, 1.54) is 0 Å². The number of carbonyl (C=O) groups excluding carboxylic acids is 1. The number of halogens is 2. The molecule has 0 radical (unpaired) electrons. The molecule has 0 atom stereocenters. The minimum Gasteiger partial charge on any atom is -0.506 e. The molecule has 0 fully saturated rings. The van der Waals surface area contributed by atoms with Crippen molar-refractivity contribution in [1.29, 1.82) is 0 Å². The van der Waals surface area contributed by atoms with Crippen molar-refractivity contribution in [2.24, 2.45) is 0 Å². The first kappa shape index (κ1) is 11.6. The summed E-state index contributed by atoms with van der Waals surface area (Å²) in [5.41, 5.74) is 0.215. The molecule has 2 aromatic carbocycles. The predicted molar refractivity (Wildman–Crippen MR) is 62.9 cm³/mol. The molecule has 0 saturated carbocycles. The van der Waals surface area contributed by atoms with Crippen LogP contribution < -0.4 is 0 Å². The highest BCUT2D eigenvalue weighted by atomic mass is 35.5. The van der Waals surface area contributed by atoms with Crippen LogP contribution >= 0.6 is 11.6 Å². The molecule has 17 heavy (non-hydrogen) atoms. The zero-order chi connectivity index (χ0) is 12.4. The van der Waals surface area contributed by atoms with Crippen LogP contribution in [0, 0.1) is 5.82 Å². The van der Waals surface area contributed by atoms with Crippen LogP contribution in [0.3, 0.4) is 0 Å². The molecule has 0 aromatic heterocycles. The molecule has 2 aromatic rings. The van der Waals surface area contributed by atoms with Gasteiger partial charge in [-0.25, -0.2) is 4.39 Å². The van der Waals surface area contributed by atoms with Crippen LogP contribution in [0.15, 0.2) is 42.5 Å². The van der Waals surface area contributed by atoms with Crippen molar-refractivity contribution in [3.63, 3.8) is 0 Å². The highest BCUT2D eigenvalue weighted by molar-refractivity contribution is 6.32. The van der Waals surface area contributed by atoms with Crippen molar-refractivity contribution in [2.75, 3.05) is 0 Å². The van der Waals surface area contributed by atoms with Crippen LogP contribution in [0.25, 0.3) is 0 Å². The monoisotopic (exact) mass is 250 g/mol. The molecule has 0 heterocycles. The number of benzene rings is 2. The molecule has 0 amide bonds. The number of hydrogen-bond donors (Lipinski definition) is 1. The number of rotatable bonds is 2. The van der Waals surface area contributed by atoms with E-state index in [2.05, 4.69) is 0 Å². The second kappa shape index (κ2) is 4.55. The summed E-state index contributed by atoms with van der Waals surface area (Å²) in [6.45, 7) is 0. The Kier molecular flexibility index (Phi) is 3.11. The SMILES string of the molecule is O=C(c1ccccc1)c1cc(Cl)c(O)cc1F. The van der Waals surface area contributed by atoms with E-state index in [0.717, 1.165) is 12.1 Å². The van der Waals surface area contributed by atoms with Gasteiger partial charge < -0.3 is 5.11 Å². The van der Waals surface area contributed by atoms with Crippen LogP contribution in [0.4, 0.5) is 4.39 Å². The number of aromatic hydroxyl groups is 1. The Morgan fingerprint density at radius 3 is 2.47 bits per heavy atom. The number of hydrogen-bond acceptors (Lipinski definition) is 2. The van der Waals surface area contributed by atoms with Crippen LogP contribution in [-0.4, -0.2) is 10.9 Å². The van der Waals surface area contributed by atoms with Crippen molar-refractivity contribution < 1.29 is 14.3 Å². The largest absolute Gasteiger partial charge is 0.506 e. The van der Waals surface area contributed by atoms with Crippen LogP contribution in [0.1, 0.15) is 15.9 Å². The minimum absolute atomic E-state index is 0.0503. The zero-order valence-corrected chi connectivity index (χ0v) is 9.41. The van der Waals surface area contributed by atoms with Gasteiger partial charge in [0.1, 0.15) is 11.6 Å². The van der Waals surface area contributed by atoms with E-state index in [1.807, 2.05) is 0 Å². The highest BCUT2D eigenvalue weighted by Gasteiger charge is 2.16. The van der Waals surface area contributed by atoms with Crippen molar-refractivity contribution in [2.45, 2.75) is 0 Å². The van der Waals surface area contributed by atoms with E-state index >= 15 is 0 Å². The van der Waals surface area contributed by atoms with Gasteiger partial charge in [-0.3, -0.25) is 4.79 Å². The Bertz CT molecular complexity index is 567. The van der Waals surface area contributed by atoms with Crippen molar-refractivity contribution in [3.8, 4) is 5.75 Å². The third-order valence-corrected chi connectivity index (χ3v) is 2.62. The average Bonchev–Trinajstić information content (AvgIpc) is 2.34. The van der Waals surface area contributed by atoms with Crippen molar-refractivity contribution in [3.05, 3.63) is 64.4 Å². The molecule has 2 rings (SSSR count). The van der Waals surface area contributed by atoms with Gasteiger partial charge in [0.25, 0.3) is 0 Å². The summed E-state index contributed by atoms with van der Waals surface area (Å²) in [6, 6.07) is 10.3. The van der Waals surface area contributed by atoms with Crippen molar-refractivity contribution in [1.82, 2.24) is 0 Å².